The fraction of sp³-hybridized carbons (Fsp3) is 0.314. The maximum Gasteiger partial charge on any atom is 0.335 e. The number of aliphatic hydroxyl groups excluding tert-OH is 4. The van der Waals surface area contributed by atoms with Gasteiger partial charge in [-0.1, -0.05) is 54.6 Å². The third-order valence-corrected chi connectivity index (χ3v) is 8.44. The predicted molar refractivity (Wildman–Crippen MR) is 166 cm³/mol. The molecule has 46 heavy (non-hydrogen) atoms. The largest absolute Gasteiger partial charge is 0.507 e. The van der Waals surface area contributed by atoms with Crippen molar-refractivity contribution in [2.45, 2.75) is 63.3 Å². The summed E-state index contributed by atoms with van der Waals surface area (Å²) in [4.78, 5) is 25.6. The Morgan fingerprint density at radius 3 is 2.13 bits per heavy atom. The van der Waals surface area contributed by atoms with E-state index in [2.05, 4.69) is 12.1 Å². The molecule has 0 amide bonds. The van der Waals surface area contributed by atoms with Crippen molar-refractivity contribution in [3.05, 3.63) is 100 Å². The number of rotatable bonds is 11. The number of carboxylic acids is 1. The van der Waals surface area contributed by atoms with Gasteiger partial charge in [0.25, 0.3) is 0 Å². The molecule has 0 saturated carbocycles. The Labute approximate surface area is 264 Å². The molecule has 7 N–H and O–H groups in total. The van der Waals surface area contributed by atoms with Gasteiger partial charge in [-0.25, -0.2) is 4.79 Å². The van der Waals surface area contributed by atoms with Crippen LogP contribution in [0.2, 0.25) is 0 Å². The Kier molecular flexibility index (Phi) is 9.90. The van der Waals surface area contributed by atoms with Gasteiger partial charge in [0.1, 0.15) is 41.7 Å². The zero-order chi connectivity index (χ0) is 33.1. The Bertz CT molecular complexity index is 1730. The van der Waals surface area contributed by atoms with Crippen LogP contribution in [-0.4, -0.2) is 84.8 Å². The van der Waals surface area contributed by atoms with E-state index < -0.39 is 60.6 Å². The van der Waals surface area contributed by atoms with Crippen molar-refractivity contribution >= 4 is 22.5 Å². The molecule has 5 atom stereocenters. The van der Waals surface area contributed by atoms with Gasteiger partial charge >= 0.3 is 5.97 Å². The molecule has 0 unspecified atom stereocenters. The first kappa shape index (κ1) is 32.9. The summed E-state index contributed by atoms with van der Waals surface area (Å²) >= 11 is 0. The molecule has 0 bridgehead atoms. The zero-order valence-corrected chi connectivity index (χ0v) is 25.0. The van der Waals surface area contributed by atoms with E-state index >= 15 is 0 Å². The molecule has 4 aromatic carbocycles. The SMILES string of the molecule is Cc1c(C(=O)CCc2ccccc2CCc2ccccc2)c(O)c2c(O[C@@H]3O[C@H](CO)[C@@H](O)[C@H](O)[C@H]3O)cc(C(=O)O)cc2c1O. The van der Waals surface area contributed by atoms with Gasteiger partial charge in [-0.15, -0.1) is 0 Å². The normalized spacial score (nSPS) is 21.3. The zero-order valence-electron chi connectivity index (χ0n) is 25.0. The van der Waals surface area contributed by atoms with Crippen LogP contribution < -0.4 is 4.74 Å². The highest BCUT2D eigenvalue weighted by Crippen LogP contribution is 2.45. The minimum Gasteiger partial charge on any atom is -0.507 e. The number of fused-ring (bicyclic) bond motifs is 1. The quantitative estimate of drug-likeness (QED) is 0.0949. The van der Waals surface area contributed by atoms with Crippen LogP contribution in [0, 0.1) is 6.92 Å². The maximum absolute atomic E-state index is 13.7. The lowest BCUT2D eigenvalue weighted by Crippen LogP contribution is -2.60. The Balaban J connectivity index is 1.48. The monoisotopic (exact) mass is 632 g/mol. The van der Waals surface area contributed by atoms with E-state index in [4.69, 9.17) is 9.47 Å². The fourth-order valence-corrected chi connectivity index (χ4v) is 5.86. The van der Waals surface area contributed by atoms with Crippen molar-refractivity contribution in [1.29, 1.82) is 0 Å². The summed E-state index contributed by atoms with van der Waals surface area (Å²) in [7, 11) is 0. The van der Waals surface area contributed by atoms with Gasteiger partial charge < -0.3 is 45.2 Å². The molecule has 0 aromatic heterocycles. The van der Waals surface area contributed by atoms with Gasteiger partial charge in [-0.2, -0.15) is 0 Å². The highest BCUT2D eigenvalue weighted by Gasteiger charge is 2.45. The molecule has 1 saturated heterocycles. The van der Waals surface area contributed by atoms with Crippen molar-refractivity contribution < 1.29 is 54.8 Å². The van der Waals surface area contributed by atoms with E-state index in [-0.39, 0.29) is 39.6 Å². The number of aromatic carboxylic acids is 1. The lowest BCUT2D eigenvalue weighted by molar-refractivity contribution is -0.277. The number of aryl methyl sites for hydroxylation is 3. The number of Topliss-reactive ketones (excluding diaryl/α,β-unsaturated/α-hetero) is 1. The summed E-state index contributed by atoms with van der Waals surface area (Å²) < 4.78 is 11.2. The second-order valence-electron chi connectivity index (χ2n) is 11.4. The molecule has 0 aliphatic carbocycles. The van der Waals surface area contributed by atoms with Gasteiger partial charge in [-0.3, -0.25) is 4.79 Å². The van der Waals surface area contributed by atoms with Gasteiger partial charge in [-0.05, 0) is 55.0 Å². The smallest absolute Gasteiger partial charge is 0.335 e. The number of benzene rings is 4. The summed E-state index contributed by atoms with van der Waals surface area (Å²) in [6.45, 7) is 0.696. The molecular formula is C35H36O11. The van der Waals surface area contributed by atoms with Crippen LogP contribution in [-0.2, 0) is 24.0 Å². The van der Waals surface area contributed by atoms with E-state index in [1.54, 1.807) is 0 Å². The third kappa shape index (κ3) is 6.55. The molecule has 0 radical (unpaired) electrons. The van der Waals surface area contributed by atoms with Crippen LogP contribution >= 0.6 is 0 Å². The second-order valence-corrected chi connectivity index (χ2v) is 11.4. The van der Waals surface area contributed by atoms with E-state index in [0.29, 0.717) is 6.42 Å². The summed E-state index contributed by atoms with van der Waals surface area (Å²) in [6.07, 6.45) is -6.43. The number of carboxylic acid groups (broad SMARTS) is 1. The molecule has 1 fully saturated rings. The van der Waals surface area contributed by atoms with Crippen LogP contribution in [0.3, 0.4) is 0 Å². The van der Waals surface area contributed by atoms with E-state index in [9.17, 15) is 45.3 Å². The van der Waals surface area contributed by atoms with Crippen molar-refractivity contribution in [2.24, 2.45) is 0 Å². The summed E-state index contributed by atoms with van der Waals surface area (Å²) in [5.41, 5.74) is 2.73. The number of hydrogen-bond donors (Lipinski definition) is 7. The molecule has 242 valence electrons. The average Bonchev–Trinajstić information content (AvgIpc) is 3.06. The molecule has 11 nitrogen and oxygen atoms in total. The first-order valence-electron chi connectivity index (χ1n) is 14.9. The van der Waals surface area contributed by atoms with Crippen LogP contribution in [0.5, 0.6) is 17.2 Å². The number of aliphatic hydroxyl groups is 4. The minimum absolute atomic E-state index is 0.0161. The van der Waals surface area contributed by atoms with Gasteiger partial charge in [0.05, 0.1) is 23.1 Å². The van der Waals surface area contributed by atoms with Crippen LogP contribution in [0.1, 0.15) is 49.4 Å². The van der Waals surface area contributed by atoms with Gasteiger partial charge in [0.15, 0.2) is 5.78 Å². The maximum atomic E-state index is 13.7. The van der Waals surface area contributed by atoms with E-state index in [0.717, 1.165) is 36.1 Å². The van der Waals surface area contributed by atoms with E-state index in [1.807, 2.05) is 42.5 Å². The average molecular weight is 633 g/mol. The molecule has 11 heteroatoms. The highest BCUT2D eigenvalue weighted by atomic mass is 16.7. The number of ether oxygens (including phenoxy) is 2. The molecule has 1 aliphatic heterocycles. The first-order chi connectivity index (χ1) is 22.0. The van der Waals surface area contributed by atoms with E-state index in [1.165, 1.54) is 12.5 Å². The standard InChI is InChI=1S/C35H36O11/c1-18-27(24(37)14-13-21-10-6-5-9-20(21)12-11-19-7-3-2-4-8-19)31(40)28-23(29(18)38)15-22(34(43)44)16-25(28)45-35-33(42)32(41)30(39)26(17-36)46-35/h2-10,15-16,26,30,32-33,35-36,38-42H,11-14,17H2,1H3,(H,43,44)/t26-,30-,32+,33-,35-/m1/s1. The third-order valence-electron chi connectivity index (χ3n) is 8.44. The lowest BCUT2D eigenvalue weighted by Gasteiger charge is -2.39. The van der Waals surface area contributed by atoms with Crippen molar-refractivity contribution in [3.63, 3.8) is 0 Å². The van der Waals surface area contributed by atoms with Gasteiger partial charge in [0.2, 0.25) is 6.29 Å². The molecule has 1 heterocycles. The number of hydrogen-bond acceptors (Lipinski definition) is 10. The van der Waals surface area contributed by atoms with Gasteiger partial charge in [0, 0.05) is 17.4 Å². The number of carbonyl (C=O) groups excluding carboxylic acids is 1. The van der Waals surface area contributed by atoms with Crippen LogP contribution in [0.15, 0.2) is 66.7 Å². The van der Waals surface area contributed by atoms with Crippen LogP contribution in [0.4, 0.5) is 0 Å². The second kappa shape index (κ2) is 13.9. The summed E-state index contributed by atoms with van der Waals surface area (Å²) in [5, 5.41) is 72.4. The molecule has 5 rings (SSSR count). The first-order valence-corrected chi connectivity index (χ1v) is 14.9. The highest BCUT2D eigenvalue weighted by molar-refractivity contribution is 6.11. The predicted octanol–water partition coefficient (Wildman–Crippen LogP) is 3.04. The van der Waals surface area contributed by atoms with Crippen LogP contribution in [0.25, 0.3) is 10.8 Å². The van der Waals surface area contributed by atoms with Crippen molar-refractivity contribution in [3.8, 4) is 17.2 Å². The molecular weight excluding hydrogens is 596 g/mol. The van der Waals surface area contributed by atoms with Crippen molar-refractivity contribution in [2.75, 3.05) is 6.61 Å². The number of phenolic OH excluding ortho intramolecular Hbond substituents is 2. The Morgan fingerprint density at radius 2 is 1.48 bits per heavy atom. The molecule has 1 aliphatic rings. The lowest BCUT2D eigenvalue weighted by atomic mass is 9.91. The minimum atomic E-state index is -1.84. The fourth-order valence-electron chi connectivity index (χ4n) is 5.86. The number of ketones is 1. The summed E-state index contributed by atoms with van der Waals surface area (Å²) in [6, 6.07) is 19.9. The number of aromatic hydroxyl groups is 2. The molecule has 0 spiro atoms. The van der Waals surface area contributed by atoms with Crippen molar-refractivity contribution in [1.82, 2.24) is 0 Å². The molecule has 4 aromatic rings. The number of carbonyl (C=O) groups is 2. The number of phenols is 2. The Morgan fingerprint density at radius 1 is 0.826 bits per heavy atom. The summed E-state index contributed by atoms with van der Waals surface area (Å²) in [5.74, 6) is -3.30. The topological polar surface area (TPSA) is 194 Å². The Hall–Kier alpha value is -4.52.